The van der Waals surface area contributed by atoms with E-state index < -0.39 is 4.92 Å². The van der Waals surface area contributed by atoms with Crippen molar-refractivity contribution in [1.82, 2.24) is 0 Å². The molecule has 0 spiro atoms. The number of nitro groups is 1. The second-order valence-electron chi connectivity index (χ2n) is 5.62. The van der Waals surface area contributed by atoms with Crippen molar-refractivity contribution in [3.8, 4) is 0 Å². The number of anilines is 1. The number of nitro benzene ring substituents is 1. The Morgan fingerprint density at radius 3 is 2.60 bits per heavy atom. The van der Waals surface area contributed by atoms with E-state index in [9.17, 15) is 14.9 Å². The van der Waals surface area contributed by atoms with Crippen LogP contribution in [0.1, 0.15) is 16.7 Å². The molecule has 0 unspecified atom stereocenters. The molecule has 2 aromatic carbocycles. The van der Waals surface area contributed by atoms with Crippen LogP contribution in [0, 0.1) is 24.0 Å². The molecule has 5 nitrogen and oxygen atoms in total. The van der Waals surface area contributed by atoms with Crippen molar-refractivity contribution in [1.29, 1.82) is 0 Å². The molecule has 0 atom stereocenters. The molecule has 2 aromatic rings. The summed E-state index contributed by atoms with van der Waals surface area (Å²) in [5.41, 5.74) is 3.12. The molecule has 7 heteroatoms. The zero-order chi connectivity index (χ0) is 18.1. The predicted octanol–water partition coefficient (Wildman–Crippen LogP) is 4.62. The van der Waals surface area contributed by atoms with Gasteiger partial charge in [0.05, 0.1) is 21.1 Å². The summed E-state index contributed by atoms with van der Waals surface area (Å²) in [6.07, 6.45) is 1.53. The number of hydrogen-bond donors (Lipinski definition) is 0. The van der Waals surface area contributed by atoms with E-state index in [1.54, 1.807) is 18.2 Å². The molecule has 25 heavy (non-hydrogen) atoms. The van der Waals surface area contributed by atoms with Crippen LogP contribution in [0.5, 0.6) is 0 Å². The minimum Gasteiger partial charge on any atom is -0.268 e. The normalized spacial score (nSPS) is 15.9. The molecule has 1 aliphatic heterocycles. The van der Waals surface area contributed by atoms with Gasteiger partial charge in [0, 0.05) is 6.07 Å². The summed E-state index contributed by atoms with van der Waals surface area (Å²) >= 11 is 6.51. The number of amides is 1. The number of hydrogen-bond acceptors (Lipinski definition) is 5. The van der Waals surface area contributed by atoms with Crippen molar-refractivity contribution in [2.45, 2.75) is 13.8 Å². The van der Waals surface area contributed by atoms with Crippen molar-refractivity contribution in [2.24, 2.45) is 0 Å². The van der Waals surface area contributed by atoms with Crippen molar-refractivity contribution in [3.63, 3.8) is 0 Å². The lowest BCUT2D eigenvalue weighted by molar-refractivity contribution is -0.385. The third-order valence-corrected chi connectivity index (χ3v) is 5.11. The summed E-state index contributed by atoms with van der Waals surface area (Å²) in [4.78, 5) is 25.4. The summed E-state index contributed by atoms with van der Waals surface area (Å²) in [7, 11) is 0. The van der Waals surface area contributed by atoms with Crippen LogP contribution in [0.3, 0.4) is 0 Å². The van der Waals surface area contributed by atoms with Crippen LogP contribution >= 0.6 is 24.0 Å². The Hall–Kier alpha value is -2.51. The minimum absolute atomic E-state index is 0.0423. The van der Waals surface area contributed by atoms with E-state index in [-0.39, 0.29) is 11.6 Å². The van der Waals surface area contributed by atoms with Gasteiger partial charge in [-0.05, 0) is 37.6 Å². The first-order valence-electron chi connectivity index (χ1n) is 7.47. The summed E-state index contributed by atoms with van der Waals surface area (Å²) < 4.78 is 0.418. The van der Waals surface area contributed by atoms with Crippen LogP contribution in [-0.2, 0) is 4.79 Å². The standard InChI is InChI=1S/C18H14N2O3S2/c1-11-7-8-14(12(2)9-11)19-17(21)16(25-18(19)24)10-13-5-3-4-6-15(13)20(22)23/h3-10H,1-2H3/b16-10-. The molecule has 0 radical (unpaired) electrons. The maximum atomic E-state index is 12.8. The van der Waals surface area contributed by atoms with Crippen LogP contribution in [-0.4, -0.2) is 15.2 Å². The molecule has 1 heterocycles. The zero-order valence-electron chi connectivity index (χ0n) is 13.6. The van der Waals surface area contributed by atoms with Gasteiger partial charge in [0.2, 0.25) is 0 Å². The van der Waals surface area contributed by atoms with E-state index in [1.807, 2.05) is 32.0 Å². The van der Waals surface area contributed by atoms with Crippen LogP contribution in [0.4, 0.5) is 11.4 Å². The largest absolute Gasteiger partial charge is 0.276 e. The van der Waals surface area contributed by atoms with E-state index in [4.69, 9.17) is 12.2 Å². The number of rotatable bonds is 3. The van der Waals surface area contributed by atoms with E-state index >= 15 is 0 Å². The molecule has 1 saturated heterocycles. The predicted molar refractivity (Wildman–Crippen MR) is 105 cm³/mol. The average molecular weight is 370 g/mol. The Bertz CT molecular complexity index is 938. The Balaban J connectivity index is 2.01. The summed E-state index contributed by atoms with van der Waals surface area (Å²) in [5.74, 6) is -0.264. The molecule has 0 aromatic heterocycles. The number of carbonyl (C=O) groups is 1. The number of thioether (sulfide) groups is 1. The van der Waals surface area contributed by atoms with Crippen molar-refractivity contribution >= 4 is 51.7 Å². The lowest BCUT2D eigenvalue weighted by Gasteiger charge is -2.17. The third kappa shape index (κ3) is 3.33. The monoisotopic (exact) mass is 370 g/mol. The highest BCUT2D eigenvalue weighted by Gasteiger charge is 2.34. The topological polar surface area (TPSA) is 63.5 Å². The molecule has 1 aliphatic rings. The second kappa shape index (κ2) is 6.78. The smallest absolute Gasteiger partial charge is 0.268 e. The van der Waals surface area contributed by atoms with Gasteiger partial charge in [-0.3, -0.25) is 19.8 Å². The van der Waals surface area contributed by atoms with Gasteiger partial charge in [-0.1, -0.05) is 53.8 Å². The van der Waals surface area contributed by atoms with Crippen LogP contribution < -0.4 is 4.90 Å². The number of nitrogens with zero attached hydrogens (tertiary/aromatic N) is 2. The van der Waals surface area contributed by atoms with E-state index in [2.05, 4.69) is 0 Å². The lowest BCUT2D eigenvalue weighted by atomic mass is 10.1. The van der Waals surface area contributed by atoms with Gasteiger partial charge in [-0.25, -0.2) is 0 Å². The highest BCUT2D eigenvalue weighted by Crippen LogP contribution is 2.38. The summed E-state index contributed by atoms with van der Waals surface area (Å²) in [6, 6.07) is 12.1. The SMILES string of the molecule is Cc1ccc(N2C(=O)/C(=C/c3ccccc3[N+](=O)[O-])SC2=S)c(C)c1. The second-order valence-corrected chi connectivity index (χ2v) is 7.30. The van der Waals surface area contributed by atoms with Gasteiger partial charge in [-0.2, -0.15) is 0 Å². The Morgan fingerprint density at radius 2 is 1.92 bits per heavy atom. The maximum Gasteiger partial charge on any atom is 0.276 e. The number of thiocarbonyl (C=S) groups is 1. The first kappa shape index (κ1) is 17.3. The number of para-hydroxylation sites is 1. The van der Waals surface area contributed by atoms with Gasteiger partial charge in [0.25, 0.3) is 11.6 Å². The molecule has 126 valence electrons. The molecule has 0 saturated carbocycles. The Kier molecular flexibility index (Phi) is 4.69. The Labute approximate surface area is 154 Å². The molecular weight excluding hydrogens is 356 g/mol. The Morgan fingerprint density at radius 1 is 1.20 bits per heavy atom. The van der Waals surface area contributed by atoms with E-state index in [1.165, 1.54) is 17.0 Å². The molecule has 1 fully saturated rings. The van der Waals surface area contributed by atoms with E-state index in [0.29, 0.717) is 14.8 Å². The highest BCUT2D eigenvalue weighted by molar-refractivity contribution is 8.27. The molecule has 0 bridgehead atoms. The highest BCUT2D eigenvalue weighted by atomic mass is 32.2. The first-order chi connectivity index (χ1) is 11.9. The van der Waals surface area contributed by atoms with Crippen molar-refractivity contribution < 1.29 is 9.72 Å². The minimum atomic E-state index is -0.462. The van der Waals surface area contributed by atoms with Gasteiger partial charge in [-0.15, -0.1) is 0 Å². The van der Waals surface area contributed by atoms with Crippen LogP contribution in [0.2, 0.25) is 0 Å². The fraction of sp³-hybridized carbons (Fsp3) is 0.111. The van der Waals surface area contributed by atoms with Gasteiger partial charge in [0.1, 0.15) is 0 Å². The average Bonchev–Trinajstić information content (AvgIpc) is 2.82. The summed E-state index contributed by atoms with van der Waals surface area (Å²) in [6.45, 7) is 3.90. The zero-order valence-corrected chi connectivity index (χ0v) is 15.2. The fourth-order valence-corrected chi connectivity index (χ4v) is 3.92. The van der Waals surface area contributed by atoms with Crippen molar-refractivity contribution in [2.75, 3.05) is 4.90 Å². The lowest BCUT2D eigenvalue weighted by Crippen LogP contribution is -2.28. The van der Waals surface area contributed by atoms with Crippen LogP contribution in [0.25, 0.3) is 6.08 Å². The van der Waals surface area contributed by atoms with Gasteiger partial charge in [0.15, 0.2) is 4.32 Å². The van der Waals surface area contributed by atoms with Gasteiger partial charge < -0.3 is 0 Å². The number of carbonyl (C=O) groups excluding carboxylic acids is 1. The first-order valence-corrected chi connectivity index (χ1v) is 8.69. The number of aryl methyl sites for hydroxylation is 2. The molecule has 0 N–H and O–H groups in total. The van der Waals surface area contributed by atoms with E-state index in [0.717, 1.165) is 28.6 Å². The molecule has 3 rings (SSSR count). The van der Waals surface area contributed by atoms with Gasteiger partial charge >= 0.3 is 0 Å². The fourth-order valence-electron chi connectivity index (χ4n) is 2.65. The molecular formula is C18H14N2O3S2. The third-order valence-electron chi connectivity index (χ3n) is 3.81. The summed E-state index contributed by atoms with van der Waals surface area (Å²) in [5, 5.41) is 11.2. The van der Waals surface area contributed by atoms with Crippen LogP contribution in [0.15, 0.2) is 47.4 Å². The maximum absolute atomic E-state index is 12.8. The number of benzene rings is 2. The van der Waals surface area contributed by atoms with Crippen molar-refractivity contribution in [3.05, 3.63) is 74.2 Å². The quantitative estimate of drug-likeness (QED) is 0.341. The molecule has 0 aliphatic carbocycles. The molecule has 1 amide bonds.